The summed E-state index contributed by atoms with van der Waals surface area (Å²) >= 11 is 1.47. The SMILES string of the molecule is Cc1cncc(NC(=O)C(N)c2cccs2)c1. The lowest BCUT2D eigenvalue weighted by molar-refractivity contribution is -0.117. The van der Waals surface area contributed by atoms with Crippen LogP contribution in [-0.4, -0.2) is 10.9 Å². The van der Waals surface area contributed by atoms with Crippen LogP contribution in [0.2, 0.25) is 0 Å². The molecule has 0 aromatic carbocycles. The van der Waals surface area contributed by atoms with Gasteiger partial charge in [0.15, 0.2) is 0 Å². The van der Waals surface area contributed by atoms with Crippen LogP contribution in [0.25, 0.3) is 0 Å². The number of rotatable bonds is 3. The predicted molar refractivity (Wildman–Crippen MR) is 68.9 cm³/mol. The van der Waals surface area contributed by atoms with E-state index in [1.54, 1.807) is 12.4 Å². The fourth-order valence-corrected chi connectivity index (χ4v) is 2.17. The largest absolute Gasteiger partial charge is 0.323 e. The van der Waals surface area contributed by atoms with Gasteiger partial charge in [-0.25, -0.2) is 0 Å². The lowest BCUT2D eigenvalue weighted by Crippen LogP contribution is -2.27. The Kier molecular flexibility index (Phi) is 3.51. The van der Waals surface area contributed by atoms with Crippen LogP contribution in [0.4, 0.5) is 5.69 Å². The molecule has 0 aliphatic carbocycles. The highest BCUT2D eigenvalue weighted by molar-refractivity contribution is 7.10. The number of amides is 1. The van der Waals surface area contributed by atoms with Crippen LogP contribution < -0.4 is 11.1 Å². The third kappa shape index (κ3) is 2.89. The summed E-state index contributed by atoms with van der Waals surface area (Å²) in [6.07, 6.45) is 3.33. The minimum absolute atomic E-state index is 0.222. The number of hydrogen-bond donors (Lipinski definition) is 2. The standard InChI is InChI=1S/C12H13N3OS/c1-8-5-9(7-14-6-8)15-12(16)11(13)10-3-2-4-17-10/h2-7,11H,13H2,1H3,(H,15,16). The van der Waals surface area contributed by atoms with Crippen molar-refractivity contribution in [1.82, 2.24) is 4.98 Å². The van der Waals surface area contributed by atoms with Crippen LogP contribution in [0.15, 0.2) is 36.0 Å². The number of aromatic nitrogens is 1. The number of carbonyl (C=O) groups is 1. The molecule has 0 bridgehead atoms. The van der Waals surface area contributed by atoms with E-state index in [1.807, 2.05) is 30.5 Å². The van der Waals surface area contributed by atoms with Gasteiger partial charge in [0.25, 0.3) is 0 Å². The summed E-state index contributed by atoms with van der Waals surface area (Å²) in [5.41, 5.74) is 7.51. The van der Waals surface area contributed by atoms with Crippen molar-refractivity contribution in [2.24, 2.45) is 5.73 Å². The van der Waals surface area contributed by atoms with Gasteiger partial charge in [-0.2, -0.15) is 0 Å². The summed E-state index contributed by atoms with van der Waals surface area (Å²) in [5.74, 6) is -0.222. The van der Waals surface area contributed by atoms with Crippen molar-refractivity contribution in [3.05, 3.63) is 46.4 Å². The van der Waals surface area contributed by atoms with Crippen LogP contribution >= 0.6 is 11.3 Å². The third-order valence-corrected chi connectivity index (χ3v) is 3.23. The molecule has 2 rings (SSSR count). The highest BCUT2D eigenvalue weighted by atomic mass is 32.1. The van der Waals surface area contributed by atoms with Gasteiger partial charge in [0, 0.05) is 11.1 Å². The lowest BCUT2D eigenvalue weighted by Gasteiger charge is -2.10. The number of nitrogens with one attached hydrogen (secondary N) is 1. The van der Waals surface area contributed by atoms with Crippen molar-refractivity contribution in [2.75, 3.05) is 5.32 Å². The molecule has 5 heteroatoms. The van der Waals surface area contributed by atoms with Gasteiger partial charge in [-0.3, -0.25) is 9.78 Å². The molecule has 2 aromatic heterocycles. The summed E-state index contributed by atoms with van der Waals surface area (Å²) < 4.78 is 0. The first-order valence-corrected chi connectivity index (χ1v) is 6.06. The molecule has 2 heterocycles. The molecule has 4 nitrogen and oxygen atoms in total. The second-order valence-corrected chi connectivity index (χ2v) is 4.71. The number of hydrogen-bond acceptors (Lipinski definition) is 4. The zero-order valence-corrected chi connectivity index (χ0v) is 10.2. The van der Waals surface area contributed by atoms with E-state index in [9.17, 15) is 4.79 Å². The first-order valence-electron chi connectivity index (χ1n) is 5.18. The van der Waals surface area contributed by atoms with Gasteiger partial charge in [0.05, 0.1) is 11.9 Å². The predicted octanol–water partition coefficient (Wildman–Crippen LogP) is 2.09. The minimum atomic E-state index is -0.629. The number of pyridine rings is 1. The quantitative estimate of drug-likeness (QED) is 0.872. The van der Waals surface area contributed by atoms with Crippen molar-refractivity contribution in [3.8, 4) is 0 Å². The summed E-state index contributed by atoms with van der Waals surface area (Å²) in [6, 6.07) is 4.95. The molecule has 1 unspecified atom stereocenters. The Morgan fingerprint density at radius 1 is 1.53 bits per heavy atom. The molecule has 17 heavy (non-hydrogen) atoms. The zero-order valence-electron chi connectivity index (χ0n) is 9.38. The molecular formula is C12H13N3OS. The van der Waals surface area contributed by atoms with Gasteiger partial charge in [0.2, 0.25) is 5.91 Å². The van der Waals surface area contributed by atoms with Gasteiger partial charge >= 0.3 is 0 Å². The maximum absolute atomic E-state index is 11.9. The Morgan fingerprint density at radius 2 is 2.35 bits per heavy atom. The van der Waals surface area contributed by atoms with Gasteiger partial charge in [-0.15, -0.1) is 11.3 Å². The Balaban J connectivity index is 2.07. The van der Waals surface area contributed by atoms with Crippen molar-refractivity contribution in [3.63, 3.8) is 0 Å². The Bertz CT molecular complexity index is 510. The molecule has 0 spiro atoms. The zero-order chi connectivity index (χ0) is 12.3. The monoisotopic (exact) mass is 247 g/mol. The summed E-state index contributed by atoms with van der Waals surface area (Å²) in [5, 5.41) is 4.65. The van der Waals surface area contributed by atoms with Gasteiger partial charge in [0.1, 0.15) is 6.04 Å². The van der Waals surface area contributed by atoms with Gasteiger partial charge in [-0.1, -0.05) is 6.07 Å². The molecule has 1 amide bonds. The average molecular weight is 247 g/mol. The number of anilines is 1. The van der Waals surface area contributed by atoms with E-state index >= 15 is 0 Å². The summed E-state index contributed by atoms with van der Waals surface area (Å²) in [6.45, 7) is 1.92. The maximum atomic E-state index is 11.9. The Morgan fingerprint density at radius 3 is 3.00 bits per heavy atom. The second kappa shape index (κ2) is 5.07. The number of nitrogens with two attached hydrogens (primary N) is 1. The first-order chi connectivity index (χ1) is 8.16. The molecule has 0 aliphatic rings. The maximum Gasteiger partial charge on any atom is 0.246 e. The smallest absolute Gasteiger partial charge is 0.246 e. The molecule has 2 aromatic rings. The van der Waals surface area contributed by atoms with Crippen LogP contribution in [0.1, 0.15) is 16.5 Å². The molecule has 0 fully saturated rings. The summed E-state index contributed by atoms with van der Waals surface area (Å²) in [7, 11) is 0. The third-order valence-electron chi connectivity index (χ3n) is 2.27. The number of nitrogens with zero attached hydrogens (tertiary/aromatic N) is 1. The van der Waals surface area contributed by atoms with Crippen LogP contribution in [-0.2, 0) is 4.79 Å². The van der Waals surface area contributed by atoms with Gasteiger partial charge in [-0.05, 0) is 30.0 Å². The summed E-state index contributed by atoms with van der Waals surface area (Å²) in [4.78, 5) is 16.7. The highest BCUT2D eigenvalue weighted by Gasteiger charge is 2.16. The second-order valence-electron chi connectivity index (χ2n) is 3.73. The normalized spacial score (nSPS) is 12.1. The Labute approximate surface area is 103 Å². The molecule has 3 N–H and O–H groups in total. The van der Waals surface area contributed by atoms with E-state index in [2.05, 4.69) is 10.3 Å². The number of aryl methyl sites for hydroxylation is 1. The molecule has 1 atom stereocenters. The molecule has 0 radical (unpaired) electrons. The molecular weight excluding hydrogens is 234 g/mol. The fraction of sp³-hybridized carbons (Fsp3) is 0.167. The van der Waals surface area contributed by atoms with Crippen molar-refractivity contribution in [1.29, 1.82) is 0 Å². The topological polar surface area (TPSA) is 68.0 Å². The number of thiophene rings is 1. The first kappa shape index (κ1) is 11.8. The van der Waals surface area contributed by atoms with Crippen LogP contribution in [0.5, 0.6) is 0 Å². The van der Waals surface area contributed by atoms with E-state index in [-0.39, 0.29) is 5.91 Å². The highest BCUT2D eigenvalue weighted by Crippen LogP contribution is 2.18. The van der Waals surface area contributed by atoms with E-state index in [0.717, 1.165) is 10.4 Å². The minimum Gasteiger partial charge on any atom is -0.323 e. The number of carbonyl (C=O) groups excluding carboxylic acids is 1. The molecule has 88 valence electrons. The van der Waals surface area contributed by atoms with Gasteiger partial charge < -0.3 is 11.1 Å². The fourth-order valence-electron chi connectivity index (χ4n) is 1.44. The Hall–Kier alpha value is -1.72. The van der Waals surface area contributed by atoms with E-state index in [0.29, 0.717) is 5.69 Å². The van der Waals surface area contributed by atoms with E-state index in [1.165, 1.54) is 11.3 Å². The van der Waals surface area contributed by atoms with Crippen LogP contribution in [0, 0.1) is 6.92 Å². The van der Waals surface area contributed by atoms with Crippen LogP contribution in [0.3, 0.4) is 0 Å². The van der Waals surface area contributed by atoms with Crippen molar-refractivity contribution >= 4 is 22.9 Å². The van der Waals surface area contributed by atoms with Crippen molar-refractivity contribution in [2.45, 2.75) is 13.0 Å². The van der Waals surface area contributed by atoms with E-state index < -0.39 is 6.04 Å². The van der Waals surface area contributed by atoms with Crippen molar-refractivity contribution < 1.29 is 4.79 Å². The molecule has 0 aliphatic heterocycles. The average Bonchev–Trinajstić information content (AvgIpc) is 2.81. The van der Waals surface area contributed by atoms with E-state index in [4.69, 9.17) is 5.73 Å². The molecule has 0 saturated carbocycles. The lowest BCUT2D eigenvalue weighted by atomic mass is 10.2. The molecule has 0 saturated heterocycles.